The van der Waals surface area contributed by atoms with Gasteiger partial charge in [-0.1, -0.05) is 6.92 Å². The molecule has 1 rings (SSSR count). The van der Waals surface area contributed by atoms with Crippen LogP contribution in [0, 0.1) is 10.1 Å². The summed E-state index contributed by atoms with van der Waals surface area (Å²) in [6.45, 7) is 2.75. The molecule has 0 radical (unpaired) electrons. The molecular formula is C11H19N5O4. The molecule has 1 aromatic rings. The molecule has 0 aliphatic carbocycles. The van der Waals surface area contributed by atoms with Crippen molar-refractivity contribution in [2.45, 2.75) is 19.4 Å². The molecule has 0 aliphatic rings. The van der Waals surface area contributed by atoms with Gasteiger partial charge < -0.3 is 20.5 Å². The van der Waals surface area contributed by atoms with Crippen molar-refractivity contribution in [2.24, 2.45) is 0 Å². The Morgan fingerprint density at radius 1 is 1.45 bits per heavy atom. The first-order valence-corrected chi connectivity index (χ1v) is 6.24. The zero-order valence-electron chi connectivity index (χ0n) is 11.5. The van der Waals surface area contributed by atoms with E-state index in [1.807, 2.05) is 6.92 Å². The van der Waals surface area contributed by atoms with Gasteiger partial charge in [-0.15, -0.1) is 0 Å². The minimum absolute atomic E-state index is 0.0683. The Hall–Kier alpha value is -2.00. The Kier molecular flexibility index (Phi) is 6.60. The van der Waals surface area contributed by atoms with Crippen LogP contribution in [-0.4, -0.2) is 52.9 Å². The van der Waals surface area contributed by atoms with E-state index in [1.165, 1.54) is 13.4 Å². The number of aromatic nitrogens is 2. The number of ether oxygens (including phenoxy) is 1. The SMILES string of the molecule is CCCNc1ncnc(NCC(O)COC)c1[N+](=O)[O-]. The first kappa shape index (κ1) is 16.1. The summed E-state index contributed by atoms with van der Waals surface area (Å²) in [6.07, 6.45) is 1.27. The number of nitro groups is 1. The van der Waals surface area contributed by atoms with Crippen LogP contribution in [0.3, 0.4) is 0 Å². The van der Waals surface area contributed by atoms with Crippen molar-refractivity contribution in [3.05, 3.63) is 16.4 Å². The molecule has 0 spiro atoms. The van der Waals surface area contributed by atoms with E-state index in [0.717, 1.165) is 6.42 Å². The number of nitrogens with one attached hydrogen (secondary N) is 2. The molecule has 20 heavy (non-hydrogen) atoms. The second-order valence-corrected chi connectivity index (χ2v) is 4.09. The van der Waals surface area contributed by atoms with E-state index < -0.39 is 11.0 Å². The average molecular weight is 285 g/mol. The highest BCUT2D eigenvalue weighted by Crippen LogP contribution is 2.28. The van der Waals surface area contributed by atoms with Gasteiger partial charge in [0.05, 0.1) is 17.6 Å². The fraction of sp³-hybridized carbons (Fsp3) is 0.636. The quantitative estimate of drug-likeness (QED) is 0.446. The van der Waals surface area contributed by atoms with Crippen LogP contribution in [0.25, 0.3) is 0 Å². The van der Waals surface area contributed by atoms with Crippen LogP contribution < -0.4 is 10.6 Å². The number of rotatable bonds is 9. The molecule has 112 valence electrons. The van der Waals surface area contributed by atoms with Gasteiger partial charge in [0, 0.05) is 20.2 Å². The van der Waals surface area contributed by atoms with Gasteiger partial charge in [0.2, 0.25) is 11.6 Å². The molecular weight excluding hydrogens is 266 g/mol. The summed E-state index contributed by atoms with van der Waals surface area (Å²) in [5, 5.41) is 26.3. The van der Waals surface area contributed by atoms with Gasteiger partial charge in [0.1, 0.15) is 6.33 Å². The van der Waals surface area contributed by atoms with Crippen LogP contribution in [0.5, 0.6) is 0 Å². The van der Waals surface area contributed by atoms with Gasteiger partial charge in [-0.2, -0.15) is 0 Å². The molecule has 9 heteroatoms. The largest absolute Gasteiger partial charge is 0.389 e. The zero-order valence-corrected chi connectivity index (χ0v) is 11.5. The van der Waals surface area contributed by atoms with Gasteiger partial charge in [-0.05, 0) is 6.42 Å². The minimum Gasteiger partial charge on any atom is -0.389 e. The van der Waals surface area contributed by atoms with E-state index in [0.29, 0.717) is 6.54 Å². The van der Waals surface area contributed by atoms with Crippen molar-refractivity contribution in [3.63, 3.8) is 0 Å². The molecule has 0 amide bonds. The number of anilines is 2. The van der Waals surface area contributed by atoms with Crippen LogP contribution in [0.2, 0.25) is 0 Å². The molecule has 0 saturated heterocycles. The Morgan fingerprint density at radius 3 is 2.65 bits per heavy atom. The number of methoxy groups -OCH3 is 1. The Bertz CT molecular complexity index is 443. The lowest BCUT2D eigenvalue weighted by molar-refractivity contribution is -0.383. The lowest BCUT2D eigenvalue weighted by Crippen LogP contribution is -2.25. The summed E-state index contributed by atoms with van der Waals surface area (Å²) in [5.74, 6) is 0.231. The molecule has 1 heterocycles. The van der Waals surface area contributed by atoms with Crippen molar-refractivity contribution >= 4 is 17.3 Å². The maximum atomic E-state index is 11.1. The third-order valence-electron chi connectivity index (χ3n) is 2.41. The van der Waals surface area contributed by atoms with Gasteiger partial charge in [-0.3, -0.25) is 10.1 Å². The molecule has 3 N–H and O–H groups in total. The highest BCUT2D eigenvalue weighted by Gasteiger charge is 2.22. The highest BCUT2D eigenvalue weighted by atomic mass is 16.6. The predicted molar refractivity (Wildman–Crippen MR) is 73.8 cm³/mol. The van der Waals surface area contributed by atoms with Crippen LogP contribution in [0.15, 0.2) is 6.33 Å². The first-order chi connectivity index (χ1) is 9.60. The van der Waals surface area contributed by atoms with Gasteiger partial charge >= 0.3 is 5.69 Å². The molecule has 0 saturated carbocycles. The number of hydrogen-bond acceptors (Lipinski definition) is 8. The summed E-state index contributed by atoms with van der Waals surface area (Å²) >= 11 is 0. The van der Waals surface area contributed by atoms with Crippen molar-refractivity contribution in [1.82, 2.24) is 9.97 Å². The fourth-order valence-corrected chi connectivity index (χ4v) is 1.52. The van der Waals surface area contributed by atoms with Crippen LogP contribution in [-0.2, 0) is 4.74 Å². The number of aliphatic hydroxyl groups excluding tert-OH is 1. The average Bonchev–Trinajstić information content (AvgIpc) is 2.42. The van der Waals surface area contributed by atoms with E-state index in [-0.39, 0.29) is 30.5 Å². The molecule has 0 bridgehead atoms. The predicted octanol–water partition coefficient (Wildman–Crippen LogP) is 0.626. The molecule has 1 atom stereocenters. The van der Waals surface area contributed by atoms with E-state index in [9.17, 15) is 15.2 Å². The third-order valence-corrected chi connectivity index (χ3v) is 2.41. The fourth-order valence-electron chi connectivity index (χ4n) is 1.52. The van der Waals surface area contributed by atoms with Gasteiger partial charge in [-0.25, -0.2) is 9.97 Å². The first-order valence-electron chi connectivity index (χ1n) is 6.24. The summed E-state index contributed by atoms with van der Waals surface area (Å²) in [4.78, 5) is 18.3. The summed E-state index contributed by atoms with van der Waals surface area (Å²) in [7, 11) is 1.46. The second kappa shape index (κ2) is 8.23. The standard InChI is InChI=1S/C11H19N5O4/c1-3-4-12-10-9(16(18)19)11(15-7-14-10)13-5-8(17)6-20-2/h7-8,17H,3-6H2,1-2H3,(H2,12,13,14,15). The number of aliphatic hydroxyl groups is 1. The van der Waals surface area contributed by atoms with E-state index in [2.05, 4.69) is 20.6 Å². The summed E-state index contributed by atoms with van der Waals surface area (Å²) < 4.78 is 4.78. The van der Waals surface area contributed by atoms with Crippen molar-refractivity contribution in [1.29, 1.82) is 0 Å². The second-order valence-electron chi connectivity index (χ2n) is 4.09. The minimum atomic E-state index is -0.776. The van der Waals surface area contributed by atoms with E-state index in [1.54, 1.807) is 0 Å². The molecule has 0 fully saturated rings. The molecule has 0 aliphatic heterocycles. The number of hydrogen-bond donors (Lipinski definition) is 3. The monoisotopic (exact) mass is 285 g/mol. The van der Waals surface area contributed by atoms with Crippen LogP contribution in [0.4, 0.5) is 17.3 Å². The molecule has 1 aromatic heterocycles. The van der Waals surface area contributed by atoms with Crippen LogP contribution >= 0.6 is 0 Å². The zero-order chi connectivity index (χ0) is 15.0. The van der Waals surface area contributed by atoms with Crippen molar-refractivity contribution in [2.75, 3.05) is 37.4 Å². The maximum Gasteiger partial charge on any atom is 0.353 e. The maximum absolute atomic E-state index is 11.1. The number of nitrogens with zero attached hydrogens (tertiary/aromatic N) is 3. The Balaban J connectivity index is 2.86. The lowest BCUT2D eigenvalue weighted by Gasteiger charge is -2.12. The summed E-state index contributed by atoms with van der Waals surface area (Å²) in [6, 6.07) is 0. The normalized spacial score (nSPS) is 11.9. The van der Waals surface area contributed by atoms with E-state index in [4.69, 9.17) is 4.74 Å². The Labute approximate surface area is 116 Å². The molecule has 0 aromatic carbocycles. The topological polar surface area (TPSA) is 122 Å². The Morgan fingerprint density at radius 2 is 2.10 bits per heavy atom. The van der Waals surface area contributed by atoms with Crippen molar-refractivity contribution < 1.29 is 14.8 Å². The molecule has 1 unspecified atom stereocenters. The lowest BCUT2D eigenvalue weighted by atomic mass is 10.3. The van der Waals surface area contributed by atoms with Crippen LogP contribution in [0.1, 0.15) is 13.3 Å². The van der Waals surface area contributed by atoms with Gasteiger partial charge in [0.15, 0.2) is 0 Å². The van der Waals surface area contributed by atoms with Crippen molar-refractivity contribution in [3.8, 4) is 0 Å². The smallest absolute Gasteiger partial charge is 0.353 e. The highest BCUT2D eigenvalue weighted by molar-refractivity contribution is 5.69. The third kappa shape index (κ3) is 4.59. The van der Waals surface area contributed by atoms with Gasteiger partial charge in [0.25, 0.3) is 0 Å². The summed E-state index contributed by atoms with van der Waals surface area (Å²) in [5.41, 5.74) is -0.231. The molecule has 9 nitrogen and oxygen atoms in total. The van der Waals surface area contributed by atoms with E-state index >= 15 is 0 Å².